The maximum atomic E-state index is 4.56. The van der Waals surface area contributed by atoms with Gasteiger partial charge in [-0.2, -0.15) is 0 Å². The maximum Gasteiger partial charge on any atom is 0.130 e. The van der Waals surface area contributed by atoms with Gasteiger partial charge in [-0.1, -0.05) is 25.1 Å². The lowest BCUT2D eigenvalue weighted by molar-refractivity contribution is 0.824. The molecular formula is C12H14N2S. The third-order valence-corrected chi connectivity index (χ3v) is 2.98. The SMILES string of the molecule is CCCc1nc(SC)c2ccccc2n1. The van der Waals surface area contributed by atoms with E-state index in [0.717, 1.165) is 34.6 Å². The van der Waals surface area contributed by atoms with Gasteiger partial charge in [0.1, 0.15) is 10.9 Å². The van der Waals surface area contributed by atoms with Crippen molar-refractivity contribution in [1.82, 2.24) is 9.97 Å². The van der Waals surface area contributed by atoms with E-state index in [9.17, 15) is 0 Å². The monoisotopic (exact) mass is 218 g/mol. The minimum atomic E-state index is 0.957. The summed E-state index contributed by atoms with van der Waals surface area (Å²) in [4.78, 5) is 9.11. The Kier molecular flexibility index (Phi) is 3.21. The van der Waals surface area contributed by atoms with Crippen LogP contribution in [0.25, 0.3) is 10.9 Å². The van der Waals surface area contributed by atoms with Crippen molar-refractivity contribution in [3.05, 3.63) is 30.1 Å². The molecule has 2 nitrogen and oxygen atoms in total. The minimum Gasteiger partial charge on any atom is -0.233 e. The summed E-state index contributed by atoms with van der Waals surface area (Å²) in [5.74, 6) is 0.959. The molecular weight excluding hydrogens is 204 g/mol. The number of rotatable bonds is 3. The molecule has 2 rings (SSSR count). The Morgan fingerprint density at radius 2 is 2.00 bits per heavy atom. The number of hydrogen-bond acceptors (Lipinski definition) is 3. The highest BCUT2D eigenvalue weighted by atomic mass is 32.2. The van der Waals surface area contributed by atoms with Crippen LogP contribution in [-0.2, 0) is 6.42 Å². The van der Waals surface area contributed by atoms with Gasteiger partial charge in [0.25, 0.3) is 0 Å². The predicted octanol–water partition coefficient (Wildman–Crippen LogP) is 3.30. The van der Waals surface area contributed by atoms with E-state index in [1.807, 2.05) is 12.1 Å². The maximum absolute atomic E-state index is 4.56. The lowest BCUT2D eigenvalue weighted by atomic mass is 10.2. The molecule has 0 aliphatic rings. The molecule has 0 spiro atoms. The lowest BCUT2D eigenvalue weighted by Crippen LogP contribution is -1.97. The van der Waals surface area contributed by atoms with Crippen LogP contribution in [-0.4, -0.2) is 16.2 Å². The summed E-state index contributed by atoms with van der Waals surface area (Å²) >= 11 is 1.69. The Labute approximate surface area is 94.1 Å². The molecule has 0 atom stereocenters. The molecule has 2 aromatic rings. The number of hydrogen-bond donors (Lipinski definition) is 0. The molecule has 15 heavy (non-hydrogen) atoms. The zero-order chi connectivity index (χ0) is 10.7. The first-order chi connectivity index (χ1) is 7.35. The molecule has 0 unspecified atom stereocenters. The van der Waals surface area contributed by atoms with E-state index in [1.54, 1.807) is 11.8 Å². The van der Waals surface area contributed by atoms with Gasteiger partial charge in [0.2, 0.25) is 0 Å². The van der Waals surface area contributed by atoms with Crippen molar-refractivity contribution < 1.29 is 0 Å². The summed E-state index contributed by atoms with van der Waals surface area (Å²) in [7, 11) is 0. The molecule has 3 heteroatoms. The molecule has 0 N–H and O–H groups in total. The first-order valence-corrected chi connectivity index (χ1v) is 6.37. The van der Waals surface area contributed by atoms with Crippen molar-refractivity contribution in [2.75, 3.05) is 6.26 Å². The van der Waals surface area contributed by atoms with Crippen molar-refractivity contribution in [2.24, 2.45) is 0 Å². The molecule has 0 aliphatic heterocycles. The van der Waals surface area contributed by atoms with Gasteiger partial charge < -0.3 is 0 Å². The van der Waals surface area contributed by atoms with Crippen LogP contribution in [0.1, 0.15) is 19.2 Å². The number of para-hydroxylation sites is 1. The molecule has 1 heterocycles. The Balaban J connectivity index is 2.60. The fourth-order valence-electron chi connectivity index (χ4n) is 1.58. The van der Waals surface area contributed by atoms with Crippen LogP contribution >= 0.6 is 11.8 Å². The number of fused-ring (bicyclic) bond motifs is 1. The van der Waals surface area contributed by atoms with Crippen LogP contribution in [0, 0.1) is 0 Å². The summed E-state index contributed by atoms with van der Waals surface area (Å²) in [5.41, 5.74) is 1.06. The van der Waals surface area contributed by atoms with E-state index in [-0.39, 0.29) is 0 Å². The van der Waals surface area contributed by atoms with Crippen molar-refractivity contribution in [2.45, 2.75) is 24.8 Å². The van der Waals surface area contributed by atoms with Gasteiger partial charge in [0.15, 0.2) is 0 Å². The zero-order valence-electron chi connectivity index (χ0n) is 9.03. The van der Waals surface area contributed by atoms with Crippen LogP contribution in [0.5, 0.6) is 0 Å². The Morgan fingerprint density at radius 1 is 1.20 bits per heavy atom. The average Bonchev–Trinajstić information content (AvgIpc) is 2.28. The summed E-state index contributed by atoms with van der Waals surface area (Å²) in [6.07, 6.45) is 4.11. The van der Waals surface area contributed by atoms with Gasteiger partial charge in [0.05, 0.1) is 5.52 Å². The summed E-state index contributed by atoms with van der Waals surface area (Å²) in [6, 6.07) is 8.19. The van der Waals surface area contributed by atoms with E-state index < -0.39 is 0 Å². The smallest absolute Gasteiger partial charge is 0.130 e. The van der Waals surface area contributed by atoms with E-state index in [1.165, 1.54) is 0 Å². The highest BCUT2D eigenvalue weighted by Gasteiger charge is 2.05. The lowest BCUT2D eigenvalue weighted by Gasteiger charge is -2.05. The van der Waals surface area contributed by atoms with E-state index in [0.29, 0.717) is 0 Å². The molecule has 0 bridgehead atoms. The summed E-state index contributed by atoms with van der Waals surface area (Å²) < 4.78 is 0. The number of benzene rings is 1. The standard InChI is InChI=1S/C12H14N2S/c1-3-6-11-13-10-8-5-4-7-9(10)12(14-11)15-2/h4-5,7-8H,3,6H2,1-2H3. The average molecular weight is 218 g/mol. The molecule has 0 aliphatic carbocycles. The summed E-state index contributed by atoms with van der Waals surface area (Å²) in [5, 5.41) is 2.24. The van der Waals surface area contributed by atoms with Gasteiger partial charge in [0, 0.05) is 11.8 Å². The normalized spacial score (nSPS) is 10.8. The summed E-state index contributed by atoms with van der Waals surface area (Å²) in [6.45, 7) is 2.15. The second kappa shape index (κ2) is 4.62. The Bertz CT molecular complexity index is 468. The van der Waals surface area contributed by atoms with Crippen molar-refractivity contribution >= 4 is 22.7 Å². The fourth-order valence-corrected chi connectivity index (χ4v) is 2.17. The first kappa shape index (κ1) is 10.4. The predicted molar refractivity (Wildman–Crippen MR) is 65.3 cm³/mol. The van der Waals surface area contributed by atoms with Crippen LogP contribution in [0.4, 0.5) is 0 Å². The highest BCUT2D eigenvalue weighted by Crippen LogP contribution is 2.23. The number of aromatic nitrogens is 2. The molecule has 0 saturated carbocycles. The topological polar surface area (TPSA) is 25.8 Å². The molecule has 0 radical (unpaired) electrons. The molecule has 1 aromatic carbocycles. The van der Waals surface area contributed by atoms with Crippen LogP contribution in [0.3, 0.4) is 0 Å². The van der Waals surface area contributed by atoms with Gasteiger partial charge in [-0.05, 0) is 18.7 Å². The molecule has 0 saturated heterocycles. The van der Waals surface area contributed by atoms with Gasteiger partial charge in [-0.3, -0.25) is 0 Å². The number of thioether (sulfide) groups is 1. The van der Waals surface area contributed by atoms with Crippen molar-refractivity contribution in [1.29, 1.82) is 0 Å². The second-order valence-corrected chi connectivity index (χ2v) is 4.21. The largest absolute Gasteiger partial charge is 0.233 e. The molecule has 78 valence electrons. The van der Waals surface area contributed by atoms with E-state index in [4.69, 9.17) is 0 Å². The van der Waals surface area contributed by atoms with Gasteiger partial charge in [-0.25, -0.2) is 9.97 Å². The van der Waals surface area contributed by atoms with Crippen LogP contribution in [0.15, 0.2) is 29.3 Å². The van der Waals surface area contributed by atoms with Crippen LogP contribution in [0.2, 0.25) is 0 Å². The van der Waals surface area contributed by atoms with Crippen LogP contribution < -0.4 is 0 Å². The minimum absolute atomic E-state index is 0.957. The number of nitrogens with zero attached hydrogens (tertiary/aromatic N) is 2. The molecule has 0 fully saturated rings. The Morgan fingerprint density at radius 3 is 2.73 bits per heavy atom. The third kappa shape index (κ3) is 2.12. The fraction of sp³-hybridized carbons (Fsp3) is 0.333. The van der Waals surface area contributed by atoms with Gasteiger partial charge >= 0.3 is 0 Å². The van der Waals surface area contributed by atoms with Crippen molar-refractivity contribution in [3.8, 4) is 0 Å². The Hall–Kier alpha value is -1.09. The third-order valence-electron chi connectivity index (χ3n) is 2.28. The zero-order valence-corrected chi connectivity index (χ0v) is 9.84. The van der Waals surface area contributed by atoms with Crippen molar-refractivity contribution in [3.63, 3.8) is 0 Å². The molecule has 1 aromatic heterocycles. The quantitative estimate of drug-likeness (QED) is 0.584. The van der Waals surface area contributed by atoms with E-state index in [2.05, 4.69) is 35.3 Å². The highest BCUT2D eigenvalue weighted by molar-refractivity contribution is 7.98. The second-order valence-electron chi connectivity index (χ2n) is 3.42. The first-order valence-electron chi connectivity index (χ1n) is 5.14. The number of aryl methyl sites for hydroxylation is 1. The van der Waals surface area contributed by atoms with E-state index >= 15 is 0 Å². The van der Waals surface area contributed by atoms with Gasteiger partial charge in [-0.15, -0.1) is 11.8 Å². The molecule has 0 amide bonds.